The van der Waals surface area contributed by atoms with E-state index < -0.39 is 0 Å². The maximum atomic E-state index is 12.6. The fourth-order valence-corrected chi connectivity index (χ4v) is 3.30. The molecule has 1 amide bonds. The molecule has 4 aromatic rings. The summed E-state index contributed by atoms with van der Waals surface area (Å²) in [6, 6.07) is 22.8. The first-order valence-corrected chi connectivity index (χ1v) is 9.57. The lowest BCUT2D eigenvalue weighted by Gasteiger charge is -2.10. The van der Waals surface area contributed by atoms with Crippen LogP contribution in [0.2, 0.25) is 5.02 Å². The minimum absolute atomic E-state index is 0.132. The molecule has 2 aromatic carbocycles. The van der Waals surface area contributed by atoms with E-state index >= 15 is 0 Å². The second-order valence-corrected chi connectivity index (χ2v) is 6.95. The van der Waals surface area contributed by atoms with Crippen LogP contribution in [-0.2, 0) is 6.54 Å². The number of nitrogens with zero attached hydrogens (tertiary/aromatic N) is 2. The van der Waals surface area contributed by atoms with Crippen molar-refractivity contribution < 1.29 is 4.79 Å². The van der Waals surface area contributed by atoms with Gasteiger partial charge in [-0.2, -0.15) is 0 Å². The van der Waals surface area contributed by atoms with Gasteiger partial charge in [-0.1, -0.05) is 41.9 Å². The van der Waals surface area contributed by atoms with Crippen molar-refractivity contribution in [2.24, 2.45) is 0 Å². The van der Waals surface area contributed by atoms with Crippen LogP contribution in [0.5, 0.6) is 0 Å². The molecule has 0 aliphatic carbocycles. The summed E-state index contributed by atoms with van der Waals surface area (Å²) < 4.78 is 0. The van der Waals surface area contributed by atoms with Crippen LogP contribution in [0.4, 0.5) is 0 Å². The van der Waals surface area contributed by atoms with E-state index in [1.165, 1.54) is 0 Å². The normalized spacial score (nSPS) is 10.5. The van der Waals surface area contributed by atoms with Crippen LogP contribution >= 0.6 is 11.6 Å². The van der Waals surface area contributed by atoms with Crippen LogP contribution in [0.1, 0.15) is 15.9 Å². The molecule has 0 radical (unpaired) electrons. The molecule has 2 heterocycles. The Morgan fingerprint density at radius 2 is 1.62 bits per heavy atom. The van der Waals surface area contributed by atoms with E-state index in [-0.39, 0.29) is 5.91 Å². The highest BCUT2D eigenvalue weighted by Gasteiger charge is 2.10. The Bertz CT molecular complexity index is 1130. The second-order valence-electron chi connectivity index (χ2n) is 6.52. The van der Waals surface area contributed by atoms with Gasteiger partial charge in [-0.3, -0.25) is 14.8 Å². The fraction of sp³-hybridized carbons (Fsp3) is 0.0417. The Morgan fingerprint density at radius 1 is 0.828 bits per heavy atom. The summed E-state index contributed by atoms with van der Waals surface area (Å²) in [6.45, 7) is 0.389. The quantitative estimate of drug-likeness (QED) is 0.489. The zero-order chi connectivity index (χ0) is 20.1. The van der Waals surface area contributed by atoms with Crippen LogP contribution in [-0.4, -0.2) is 15.9 Å². The van der Waals surface area contributed by atoms with Gasteiger partial charge in [-0.05, 0) is 59.2 Å². The van der Waals surface area contributed by atoms with E-state index in [1.807, 2.05) is 72.8 Å². The molecule has 1 N–H and O–H groups in total. The molecule has 0 saturated carbocycles. The van der Waals surface area contributed by atoms with Gasteiger partial charge in [0, 0.05) is 41.3 Å². The van der Waals surface area contributed by atoms with Crippen molar-refractivity contribution in [1.29, 1.82) is 0 Å². The lowest BCUT2D eigenvalue weighted by atomic mass is 10.0. The molecule has 0 spiro atoms. The molecule has 29 heavy (non-hydrogen) atoms. The zero-order valence-electron chi connectivity index (χ0n) is 15.5. The third-order valence-electron chi connectivity index (χ3n) is 4.59. The SMILES string of the molecule is O=C(NCc1cccnc1-c1ccncc1)c1ccc(-c2cccc(Cl)c2)cc1. The van der Waals surface area contributed by atoms with Crippen LogP contribution < -0.4 is 5.32 Å². The van der Waals surface area contributed by atoms with Gasteiger partial charge in [0.15, 0.2) is 0 Å². The van der Waals surface area contributed by atoms with Crippen molar-refractivity contribution in [2.45, 2.75) is 6.54 Å². The topological polar surface area (TPSA) is 54.9 Å². The number of hydrogen-bond acceptors (Lipinski definition) is 3. The van der Waals surface area contributed by atoms with Gasteiger partial charge < -0.3 is 5.32 Å². The summed E-state index contributed by atoms with van der Waals surface area (Å²) >= 11 is 6.06. The van der Waals surface area contributed by atoms with E-state index in [0.29, 0.717) is 17.1 Å². The number of hydrogen-bond donors (Lipinski definition) is 1. The number of halogens is 1. The molecule has 0 aliphatic heterocycles. The molecule has 0 unspecified atom stereocenters. The van der Waals surface area contributed by atoms with E-state index in [2.05, 4.69) is 15.3 Å². The number of carbonyl (C=O) groups is 1. The number of carbonyl (C=O) groups excluding carboxylic acids is 1. The highest BCUT2D eigenvalue weighted by molar-refractivity contribution is 6.30. The van der Waals surface area contributed by atoms with Gasteiger partial charge in [0.25, 0.3) is 5.91 Å². The number of amides is 1. The summed E-state index contributed by atoms with van der Waals surface area (Å²) in [4.78, 5) is 21.1. The van der Waals surface area contributed by atoms with Crippen molar-refractivity contribution in [3.63, 3.8) is 0 Å². The summed E-state index contributed by atoms with van der Waals surface area (Å²) in [5, 5.41) is 3.66. The van der Waals surface area contributed by atoms with Crippen LogP contribution in [0.3, 0.4) is 0 Å². The average molecular weight is 400 g/mol. The highest BCUT2D eigenvalue weighted by atomic mass is 35.5. The van der Waals surface area contributed by atoms with E-state index in [9.17, 15) is 4.79 Å². The lowest BCUT2D eigenvalue weighted by molar-refractivity contribution is 0.0951. The molecule has 2 aromatic heterocycles. The van der Waals surface area contributed by atoms with Crippen LogP contribution in [0.15, 0.2) is 91.4 Å². The third kappa shape index (κ3) is 4.50. The number of pyridine rings is 2. The molecule has 142 valence electrons. The number of aromatic nitrogens is 2. The Balaban J connectivity index is 1.47. The van der Waals surface area contributed by atoms with Gasteiger partial charge in [-0.15, -0.1) is 0 Å². The number of rotatable bonds is 5. The lowest BCUT2D eigenvalue weighted by Crippen LogP contribution is -2.23. The van der Waals surface area contributed by atoms with Crippen molar-refractivity contribution in [3.05, 3.63) is 108 Å². The Kier molecular flexibility index (Phi) is 5.63. The standard InChI is InChI=1S/C24H18ClN3O/c25-22-5-1-3-20(15-22)17-6-8-19(9-7-17)24(29)28-16-21-4-2-12-27-23(21)18-10-13-26-14-11-18/h1-15H,16H2,(H,28,29). The van der Waals surface area contributed by atoms with Crippen molar-refractivity contribution in [3.8, 4) is 22.4 Å². The minimum atomic E-state index is -0.132. The molecule has 5 heteroatoms. The molecular weight excluding hydrogens is 382 g/mol. The molecular formula is C24H18ClN3O. The molecule has 0 atom stereocenters. The number of nitrogens with one attached hydrogen (secondary N) is 1. The monoisotopic (exact) mass is 399 g/mol. The summed E-state index contributed by atoms with van der Waals surface area (Å²) in [5.41, 5.74) is 5.38. The largest absolute Gasteiger partial charge is 0.348 e. The highest BCUT2D eigenvalue weighted by Crippen LogP contribution is 2.23. The minimum Gasteiger partial charge on any atom is -0.348 e. The van der Waals surface area contributed by atoms with Gasteiger partial charge in [-0.25, -0.2) is 0 Å². The molecule has 0 aliphatic rings. The maximum absolute atomic E-state index is 12.6. The predicted molar refractivity (Wildman–Crippen MR) is 116 cm³/mol. The van der Waals surface area contributed by atoms with E-state index in [4.69, 9.17) is 11.6 Å². The molecule has 4 nitrogen and oxygen atoms in total. The average Bonchev–Trinajstić information content (AvgIpc) is 2.78. The van der Waals surface area contributed by atoms with Gasteiger partial charge in [0.05, 0.1) is 5.69 Å². The first-order valence-electron chi connectivity index (χ1n) is 9.19. The summed E-state index contributed by atoms with van der Waals surface area (Å²) in [6.07, 6.45) is 5.21. The fourth-order valence-electron chi connectivity index (χ4n) is 3.11. The summed E-state index contributed by atoms with van der Waals surface area (Å²) in [5.74, 6) is -0.132. The van der Waals surface area contributed by atoms with Crippen LogP contribution in [0.25, 0.3) is 22.4 Å². The Morgan fingerprint density at radius 3 is 2.38 bits per heavy atom. The van der Waals surface area contributed by atoms with E-state index in [0.717, 1.165) is 27.9 Å². The van der Waals surface area contributed by atoms with Gasteiger partial charge in [0.1, 0.15) is 0 Å². The van der Waals surface area contributed by atoms with Crippen LogP contribution in [0, 0.1) is 0 Å². The first-order chi connectivity index (χ1) is 14.2. The Hall–Kier alpha value is -3.50. The zero-order valence-corrected chi connectivity index (χ0v) is 16.3. The molecule has 4 rings (SSSR count). The van der Waals surface area contributed by atoms with Gasteiger partial charge >= 0.3 is 0 Å². The van der Waals surface area contributed by atoms with Crippen molar-refractivity contribution in [2.75, 3.05) is 0 Å². The van der Waals surface area contributed by atoms with Gasteiger partial charge in [0.2, 0.25) is 0 Å². The van der Waals surface area contributed by atoms with Crippen molar-refractivity contribution in [1.82, 2.24) is 15.3 Å². The summed E-state index contributed by atoms with van der Waals surface area (Å²) in [7, 11) is 0. The molecule has 0 fully saturated rings. The first kappa shape index (κ1) is 18.8. The van der Waals surface area contributed by atoms with E-state index in [1.54, 1.807) is 18.6 Å². The molecule has 0 saturated heterocycles. The Labute approximate surface area is 174 Å². The molecule has 0 bridgehead atoms. The third-order valence-corrected chi connectivity index (χ3v) is 4.82. The second kappa shape index (κ2) is 8.67. The predicted octanol–water partition coefficient (Wildman–Crippen LogP) is 5.39. The number of benzene rings is 2. The maximum Gasteiger partial charge on any atom is 0.251 e. The van der Waals surface area contributed by atoms with Crippen molar-refractivity contribution >= 4 is 17.5 Å². The smallest absolute Gasteiger partial charge is 0.251 e.